The maximum Gasteiger partial charge on any atom is 0.295 e. The fraction of sp³-hybridized carbons (Fsp3) is 0.333. The number of rotatable bonds is 6. The van der Waals surface area contributed by atoms with E-state index in [-0.39, 0.29) is 18.1 Å². The predicted octanol–water partition coefficient (Wildman–Crippen LogP) is 4.20. The van der Waals surface area contributed by atoms with Gasteiger partial charge < -0.3 is 19.5 Å². The van der Waals surface area contributed by atoms with E-state index in [1.54, 1.807) is 23.1 Å². The number of aryl methyl sites for hydroxylation is 1. The second-order valence-corrected chi connectivity index (χ2v) is 7.51. The highest BCUT2D eigenvalue weighted by molar-refractivity contribution is 6.46. The SMILES string of the molecule is CCCCN1C(=O)C(=O)/C(=C(\O)c2ccc3c(c2)OCO3)C1c1ccc(CC)cc1. The van der Waals surface area contributed by atoms with Crippen molar-refractivity contribution in [2.24, 2.45) is 0 Å². The summed E-state index contributed by atoms with van der Waals surface area (Å²) in [6, 6.07) is 12.2. The molecule has 6 nitrogen and oxygen atoms in total. The maximum atomic E-state index is 13.0. The summed E-state index contributed by atoms with van der Waals surface area (Å²) in [5, 5.41) is 11.1. The fourth-order valence-electron chi connectivity index (χ4n) is 3.92. The molecule has 1 unspecified atom stereocenters. The van der Waals surface area contributed by atoms with E-state index in [1.807, 2.05) is 31.2 Å². The Morgan fingerprint density at radius 3 is 2.50 bits per heavy atom. The van der Waals surface area contributed by atoms with Crippen LogP contribution in [0.2, 0.25) is 0 Å². The number of unbranched alkanes of at least 4 members (excludes halogenated alkanes) is 1. The van der Waals surface area contributed by atoms with E-state index >= 15 is 0 Å². The molecule has 1 atom stereocenters. The number of amides is 1. The minimum atomic E-state index is -0.661. The van der Waals surface area contributed by atoms with Gasteiger partial charge >= 0.3 is 0 Å². The Morgan fingerprint density at radius 1 is 1.07 bits per heavy atom. The topological polar surface area (TPSA) is 76.1 Å². The Hall–Kier alpha value is -3.28. The first-order valence-electron chi connectivity index (χ1n) is 10.3. The number of nitrogens with zero attached hydrogens (tertiary/aromatic N) is 1. The van der Waals surface area contributed by atoms with Crippen LogP contribution in [0.4, 0.5) is 0 Å². The standard InChI is InChI=1S/C24H25NO5/c1-3-5-12-25-21(16-8-6-15(4-2)7-9-16)20(23(27)24(25)28)22(26)17-10-11-18-19(13-17)30-14-29-18/h6-11,13,21,26H,3-5,12,14H2,1-2H3/b22-20-. The highest BCUT2D eigenvalue weighted by atomic mass is 16.7. The van der Waals surface area contributed by atoms with Crippen molar-refractivity contribution in [2.75, 3.05) is 13.3 Å². The van der Waals surface area contributed by atoms with Gasteiger partial charge in [-0.3, -0.25) is 9.59 Å². The third-order valence-electron chi connectivity index (χ3n) is 5.64. The van der Waals surface area contributed by atoms with Crippen LogP contribution in [0.1, 0.15) is 49.4 Å². The van der Waals surface area contributed by atoms with E-state index in [2.05, 4.69) is 6.92 Å². The van der Waals surface area contributed by atoms with Crippen molar-refractivity contribution < 1.29 is 24.2 Å². The molecule has 6 heteroatoms. The van der Waals surface area contributed by atoms with Crippen LogP contribution in [0.5, 0.6) is 11.5 Å². The van der Waals surface area contributed by atoms with Gasteiger partial charge in [-0.15, -0.1) is 0 Å². The molecule has 1 saturated heterocycles. The van der Waals surface area contributed by atoms with E-state index in [0.29, 0.717) is 23.6 Å². The Balaban J connectivity index is 1.82. The summed E-state index contributed by atoms with van der Waals surface area (Å²) in [4.78, 5) is 27.4. The Bertz CT molecular complexity index is 1010. The molecule has 0 radical (unpaired) electrons. The quantitative estimate of drug-likeness (QED) is 0.441. The first kappa shape index (κ1) is 20.0. The van der Waals surface area contributed by atoms with Crippen LogP contribution in [0.15, 0.2) is 48.0 Å². The number of carbonyl (C=O) groups excluding carboxylic acids is 2. The lowest BCUT2D eigenvalue weighted by Gasteiger charge is -2.25. The van der Waals surface area contributed by atoms with Gasteiger partial charge in [0, 0.05) is 12.1 Å². The Labute approximate surface area is 175 Å². The normalized spacial score (nSPS) is 19.5. The van der Waals surface area contributed by atoms with E-state index in [4.69, 9.17) is 9.47 Å². The fourth-order valence-corrected chi connectivity index (χ4v) is 3.92. The minimum absolute atomic E-state index is 0.110. The molecule has 0 bridgehead atoms. The number of ketones is 1. The second-order valence-electron chi connectivity index (χ2n) is 7.51. The highest BCUT2D eigenvalue weighted by Crippen LogP contribution is 2.41. The van der Waals surface area contributed by atoms with Crippen molar-refractivity contribution in [2.45, 2.75) is 39.2 Å². The predicted molar refractivity (Wildman–Crippen MR) is 112 cm³/mol. The smallest absolute Gasteiger partial charge is 0.295 e. The summed E-state index contributed by atoms with van der Waals surface area (Å²) in [7, 11) is 0. The zero-order chi connectivity index (χ0) is 21.3. The van der Waals surface area contributed by atoms with Gasteiger partial charge in [-0.1, -0.05) is 44.5 Å². The molecule has 1 amide bonds. The number of Topliss-reactive ketones (excluding diaryl/α,β-unsaturated/α-hetero) is 1. The second kappa shape index (κ2) is 8.22. The van der Waals surface area contributed by atoms with Gasteiger partial charge in [0.15, 0.2) is 11.5 Å². The molecule has 2 heterocycles. The molecule has 2 aromatic carbocycles. The number of likely N-dealkylation sites (tertiary alicyclic amines) is 1. The van der Waals surface area contributed by atoms with Gasteiger partial charge in [0.2, 0.25) is 6.79 Å². The van der Waals surface area contributed by atoms with Crippen molar-refractivity contribution in [3.05, 3.63) is 64.7 Å². The minimum Gasteiger partial charge on any atom is -0.507 e. The van der Waals surface area contributed by atoms with Crippen molar-refractivity contribution in [1.29, 1.82) is 0 Å². The molecule has 0 saturated carbocycles. The largest absolute Gasteiger partial charge is 0.507 e. The van der Waals surface area contributed by atoms with Crippen LogP contribution >= 0.6 is 0 Å². The number of carbonyl (C=O) groups is 2. The average molecular weight is 407 g/mol. The zero-order valence-electron chi connectivity index (χ0n) is 17.2. The highest BCUT2D eigenvalue weighted by Gasteiger charge is 2.45. The molecule has 4 rings (SSSR count). The number of hydrogen-bond donors (Lipinski definition) is 1. The van der Waals surface area contributed by atoms with Crippen molar-refractivity contribution >= 4 is 17.4 Å². The third-order valence-corrected chi connectivity index (χ3v) is 5.64. The van der Waals surface area contributed by atoms with Crippen molar-refractivity contribution in [3.63, 3.8) is 0 Å². The van der Waals surface area contributed by atoms with Gasteiger partial charge in [-0.2, -0.15) is 0 Å². The molecular formula is C24H25NO5. The summed E-state index contributed by atoms with van der Waals surface area (Å²) in [5.74, 6) is -0.346. The van der Waals surface area contributed by atoms with Gasteiger partial charge in [-0.05, 0) is 42.2 Å². The van der Waals surface area contributed by atoms with Crippen LogP contribution in [0.3, 0.4) is 0 Å². The third kappa shape index (κ3) is 3.43. The number of aliphatic hydroxyl groups is 1. The van der Waals surface area contributed by atoms with Crippen molar-refractivity contribution in [3.8, 4) is 11.5 Å². The van der Waals surface area contributed by atoms with E-state index in [0.717, 1.165) is 24.8 Å². The van der Waals surface area contributed by atoms with Gasteiger partial charge in [0.05, 0.1) is 11.6 Å². The number of fused-ring (bicyclic) bond motifs is 1. The number of hydrogen-bond acceptors (Lipinski definition) is 5. The first-order valence-corrected chi connectivity index (χ1v) is 10.3. The van der Waals surface area contributed by atoms with Gasteiger partial charge in [0.25, 0.3) is 11.7 Å². The van der Waals surface area contributed by atoms with Crippen LogP contribution in [-0.2, 0) is 16.0 Å². The molecular weight excluding hydrogens is 382 g/mol. The van der Waals surface area contributed by atoms with Crippen LogP contribution in [0.25, 0.3) is 5.76 Å². The summed E-state index contributed by atoms with van der Waals surface area (Å²) in [6.07, 6.45) is 2.57. The van der Waals surface area contributed by atoms with Gasteiger partial charge in [-0.25, -0.2) is 0 Å². The Morgan fingerprint density at radius 2 is 1.80 bits per heavy atom. The molecule has 0 aromatic heterocycles. The first-order chi connectivity index (χ1) is 14.5. The summed E-state index contributed by atoms with van der Waals surface area (Å²) in [6.45, 7) is 4.68. The lowest BCUT2D eigenvalue weighted by atomic mass is 9.94. The van der Waals surface area contributed by atoms with Crippen molar-refractivity contribution in [1.82, 2.24) is 4.90 Å². The summed E-state index contributed by atoms with van der Waals surface area (Å²) < 4.78 is 10.7. The number of benzene rings is 2. The molecule has 2 aliphatic heterocycles. The molecule has 1 N–H and O–H groups in total. The average Bonchev–Trinajstić information content (AvgIpc) is 3.34. The molecule has 156 valence electrons. The van der Waals surface area contributed by atoms with E-state index in [1.165, 1.54) is 5.56 Å². The maximum absolute atomic E-state index is 13.0. The lowest BCUT2D eigenvalue weighted by molar-refractivity contribution is -0.139. The monoisotopic (exact) mass is 407 g/mol. The lowest BCUT2D eigenvalue weighted by Crippen LogP contribution is -2.30. The summed E-state index contributed by atoms with van der Waals surface area (Å²) >= 11 is 0. The molecule has 0 aliphatic carbocycles. The molecule has 2 aliphatic rings. The molecule has 2 aromatic rings. The van der Waals surface area contributed by atoms with Crippen LogP contribution in [-0.4, -0.2) is 35.0 Å². The van der Waals surface area contributed by atoms with Crippen LogP contribution in [0, 0.1) is 0 Å². The molecule has 0 spiro atoms. The zero-order valence-corrected chi connectivity index (χ0v) is 17.2. The molecule has 1 fully saturated rings. The van der Waals surface area contributed by atoms with Gasteiger partial charge in [0.1, 0.15) is 5.76 Å². The Kier molecular flexibility index (Phi) is 5.48. The number of ether oxygens (including phenoxy) is 2. The molecule has 30 heavy (non-hydrogen) atoms. The van der Waals surface area contributed by atoms with E-state index in [9.17, 15) is 14.7 Å². The van der Waals surface area contributed by atoms with Crippen LogP contribution < -0.4 is 9.47 Å². The number of aliphatic hydroxyl groups excluding tert-OH is 1. The van der Waals surface area contributed by atoms with E-state index < -0.39 is 17.7 Å². The summed E-state index contributed by atoms with van der Waals surface area (Å²) in [5.41, 5.74) is 2.51.